The van der Waals surface area contributed by atoms with Crippen LogP contribution in [0.25, 0.3) is 0 Å². The lowest BCUT2D eigenvalue weighted by atomic mass is 9.98. The van der Waals surface area contributed by atoms with Gasteiger partial charge >= 0.3 is 0 Å². The lowest BCUT2D eigenvalue weighted by Gasteiger charge is -2.46. The molecule has 0 unspecified atom stereocenters. The van der Waals surface area contributed by atoms with E-state index in [1.54, 1.807) is 0 Å². The average Bonchev–Trinajstić information content (AvgIpc) is 2.72. The topological polar surface area (TPSA) is 121 Å². The van der Waals surface area contributed by atoms with Crippen molar-refractivity contribution in [1.29, 1.82) is 0 Å². The summed E-state index contributed by atoms with van der Waals surface area (Å²) in [6.07, 6.45) is -5.88. The molecule has 0 saturated carbocycles. The van der Waals surface area contributed by atoms with E-state index in [1.807, 2.05) is 30.3 Å². The van der Waals surface area contributed by atoms with Gasteiger partial charge < -0.3 is 29.2 Å². The van der Waals surface area contributed by atoms with Gasteiger partial charge in [-0.25, -0.2) is 0 Å². The fourth-order valence-electron chi connectivity index (χ4n) is 3.23. The standard InChI is InChI=1S/C19H19NO8/c21-15-16(22)19(26-13-8-6-12(7-9-13)20(23)24)27-14-10-25-18(28-17(14)15)11-4-2-1-3-5-11/h1-9,14-19,21-22H,10H2/t14-,15+,16-,17-,18-,19+/m1/s1. The lowest BCUT2D eigenvalue weighted by molar-refractivity contribution is -0.384. The molecule has 148 valence electrons. The molecule has 2 aliphatic rings. The molecule has 0 aromatic heterocycles. The van der Waals surface area contributed by atoms with Gasteiger partial charge in [0.1, 0.15) is 30.2 Å². The fourth-order valence-corrected chi connectivity index (χ4v) is 3.23. The summed E-state index contributed by atoms with van der Waals surface area (Å²) >= 11 is 0. The summed E-state index contributed by atoms with van der Waals surface area (Å²) in [5.41, 5.74) is 0.713. The second-order valence-electron chi connectivity index (χ2n) is 6.57. The van der Waals surface area contributed by atoms with Crippen LogP contribution in [0.5, 0.6) is 5.75 Å². The largest absolute Gasteiger partial charge is 0.462 e. The number of hydrogen-bond acceptors (Lipinski definition) is 8. The van der Waals surface area contributed by atoms with Gasteiger partial charge in [-0.15, -0.1) is 0 Å². The Kier molecular flexibility index (Phi) is 5.25. The van der Waals surface area contributed by atoms with E-state index in [0.29, 0.717) is 0 Å². The Balaban J connectivity index is 1.43. The molecule has 0 bridgehead atoms. The molecule has 0 spiro atoms. The van der Waals surface area contributed by atoms with E-state index >= 15 is 0 Å². The van der Waals surface area contributed by atoms with E-state index in [0.717, 1.165) is 5.56 Å². The Morgan fingerprint density at radius 2 is 1.71 bits per heavy atom. The minimum Gasteiger partial charge on any atom is -0.462 e. The van der Waals surface area contributed by atoms with Crippen molar-refractivity contribution in [2.75, 3.05) is 6.61 Å². The van der Waals surface area contributed by atoms with E-state index < -0.39 is 41.9 Å². The molecule has 2 aliphatic heterocycles. The SMILES string of the molecule is O=[N+]([O-])c1ccc(O[C@H]2O[C@@H]3CO[C@@H](c4ccccc4)O[C@H]3[C@@H](O)[C@H]2O)cc1. The first-order chi connectivity index (χ1) is 13.5. The molecule has 2 N–H and O–H groups in total. The quantitative estimate of drug-likeness (QED) is 0.597. The van der Waals surface area contributed by atoms with Gasteiger partial charge in [0.2, 0.25) is 6.29 Å². The van der Waals surface area contributed by atoms with E-state index in [-0.39, 0.29) is 18.0 Å². The van der Waals surface area contributed by atoms with Crippen LogP contribution in [0.4, 0.5) is 5.69 Å². The third-order valence-electron chi connectivity index (χ3n) is 4.70. The first-order valence-electron chi connectivity index (χ1n) is 8.77. The van der Waals surface area contributed by atoms with Crippen LogP contribution in [0.1, 0.15) is 11.9 Å². The number of aliphatic hydroxyl groups excluding tert-OH is 2. The van der Waals surface area contributed by atoms with Crippen LogP contribution in [-0.4, -0.2) is 52.4 Å². The molecule has 2 heterocycles. The van der Waals surface area contributed by atoms with E-state index in [4.69, 9.17) is 18.9 Å². The predicted molar refractivity (Wildman–Crippen MR) is 94.4 cm³/mol. The molecule has 2 fully saturated rings. The summed E-state index contributed by atoms with van der Waals surface area (Å²) < 4.78 is 22.8. The summed E-state index contributed by atoms with van der Waals surface area (Å²) in [6, 6.07) is 14.6. The zero-order chi connectivity index (χ0) is 19.7. The average molecular weight is 389 g/mol. The molecule has 0 radical (unpaired) electrons. The summed E-state index contributed by atoms with van der Waals surface area (Å²) in [5.74, 6) is 0.264. The van der Waals surface area contributed by atoms with Crippen LogP contribution in [-0.2, 0) is 14.2 Å². The highest BCUT2D eigenvalue weighted by molar-refractivity contribution is 5.36. The van der Waals surface area contributed by atoms with Crippen molar-refractivity contribution in [2.24, 2.45) is 0 Å². The van der Waals surface area contributed by atoms with Crippen LogP contribution >= 0.6 is 0 Å². The number of non-ortho nitro benzene ring substituents is 1. The molecule has 0 amide bonds. The van der Waals surface area contributed by atoms with Gasteiger partial charge in [-0.3, -0.25) is 10.1 Å². The fraction of sp³-hybridized carbons (Fsp3) is 0.368. The maximum absolute atomic E-state index is 10.7. The van der Waals surface area contributed by atoms with Gasteiger partial charge in [0.25, 0.3) is 5.69 Å². The number of aliphatic hydroxyl groups is 2. The van der Waals surface area contributed by atoms with Crippen molar-refractivity contribution < 1.29 is 34.1 Å². The van der Waals surface area contributed by atoms with Crippen molar-refractivity contribution in [3.63, 3.8) is 0 Å². The zero-order valence-corrected chi connectivity index (χ0v) is 14.7. The normalized spacial score (nSPS) is 32.4. The molecule has 4 rings (SSSR count). The number of nitro benzene ring substituents is 1. The third kappa shape index (κ3) is 3.71. The third-order valence-corrected chi connectivity index (χ3v) is 4.70. The molecule has 28 heavy (non-hydrogen) atoms. The molecular weight excluding hydrogens is 370 g/mol. The highest BCUT2D eigenvalue weighted by Crippen LogP contribution is 2.34. The number of rotatable bonds is 4. The minimum atomic E-state index is -1.37. The Morgan fingerprint density at radius 3 is 2.39 bits per heavy atom. The van der Waals surface area contributed by atoms with E-state index in [1.165, 1.54) is 24.3 Å². The van der Waals surface area contributed by atoms with E-state index in [9.17, 15) is 20.3 Å². The van der Waals surface area contributed by atoms with Gasteiger partial charge in [0.05, 0.1) is 11.5 Å². The van der Waals surface area contributed by atoms with Gasteiger partial charge in [-0.05, 0) is 12.1 Å². The number of nitro groups is 1. The zero-order valence-electron chi connectivity index (χ0n) is 14.7. The second kappa shape index (κ2) is 7.82. The molecular formula is C19H19NO8. The van der Waals surface area contributed by atoms with Crippen molar-refractivity contribution >= 4 is 5.69 Å². The molecule has 0 aliphatic carbocycles. The molecule has 2 aromatic rings. The summed E-state index contributed by atoms with van der Waals surface area (Å²) in [7, 11) is 0. The Labute approximate surface area is 160 Å². The number of benzene rings is 2. The maximum Gasteiger partial charge on any atom is 0.269 e. The summed E-state index contributed by atoms with van der Waals surface area (Å²) in [6.45, 7) is 0.147. The number of hydrogen-bond donors (Lipinski definition) is 2. The first kappa shape index (κ1) is 18.8. The molecule has 2 aromatic carbocycles. The smallest absolute Gasteiger partial charge is 0.269 e. The van der Waals surface area contributed by atoms with Crippen molar-refractivity contribution in [1.82, 2.24) is 0 Å². The van der Waals surface area contributed by atoms with Gasteiger partial charge in [-0.2, -0.15) is 0 Å². The second-order valence-corrected chi connectivity index (χ2v) is 6.57. The first-order valence-corrected chi connectivity index (χ1v) is 8.77. The van der Waals surface area contributed by atoms with Gasteiger partial charge in [0.15, 0.2) is 6.29 Å². The number of ether oxygens (including phenoxy) is 4. The monoisotopic (exact) mass is 389 g/mol. The van der Waals surface area contributed by atoms with Gasteiger partial charge in [0, 0.05) is 17.7 Å². The highest BCUT2D eigenvalue weighted by atomic mass is 16.8. The minimum absolute atomic E-state index is 0.0846. The Bertz CT molecular complexity index is 812. The van der Waals surface area contributed by atoms with Crippen LogP contribution in [0, 0.1) is 10.1 Å². The predicted octanol–water partition coefficient (Wildman–Crippen LogP) is 1.53. The van der Waals surface area contributed by atoms with E-state index in [2.05, 4.69) is 0 Å². The van der Waals surface area contributed by atoms with Crippen LogP contribution in [0.3, 0.4) is 0 Å². The highest BCUT2D eigenvalue weighted by Gasteiger charge is 2.49. The Morgan fingerprint density at radius 1 is 1.00 bits per heavy atom. The van der Waals surface area contributed by atoms with Crippen LogP contribution in [0.15, 0.2) is 54.6 Å². The Hall–Kier alpha value is -2.56. The van der Waals surface area contributed by atoms with Crippen LogP contribution < -0.4 is 4.74 Å². The molecule has 2 saturated heterocycles. The van der Waals surface area contributed by atoms with Crippen molar-refractivity contribution in [3.05, 3.63) is 70.3 Å². The molecule has 9 heteroatoms. The van der Waals surface area contributed by atoms with Gasteiger partial charge in [-0.1, -0.05) is 30.3 Å². The summed E-state index contributed by atoms with van der Waals surface area (Å²) in [5, 5.41) is 31.7. The van der Waals surface area contributed by atoms with Crippen molar-refractivity contribution in [2.45, 2.75) is 37.0 Å². The number of fused-ring (bicyclic) bond motifs is 1. The molecule has 9 nitrogen and oxygen atoms in total. The van der Waals surface area contributed by atoms with Crippen LogP contribution in [0.2, 0.25) is 0 Å². The number of nitrogens with zero attached hydrogens (tertiary/aromatic N) is 1. The molecule has 6 atom stereocenters. The lowest BCUT2D eigenvalue weighted by Crippen LogP contribution is -2.62. The maximum atomic E-state index is 10.7. The summed E-state index contributed by atoms with van der Waals surface area (Å²) in [4.78, 5) is 10.2. The van der Waals surface area contributed by atoms with Crippen molar-refractivity contribution in [3.8, 4) is 5.75 Å².